The molecule has 0 saturated carbocycles. The van der Waals surface area contributed by atoms with Crippen molar-refractivity contribution < 1.29 is 0 Å². The largest absolute Gasteiger partial charge is 0.356 e. The smallest absolute Gasteiger partial charge is 0.191 e. The molecule has 1 saturated heterocycles. The molecule has 142 valence electrons. The number of hydrogen-bond donors (Lipinski definition) is 2. The molecule has 3 heterocycles. The number of guanidine groups is 1. The average molecular weight is 526 g/mol. The second-order valence-electron chi connectivity index (χ2n) is 5.84. The summed E-state index contributed by atoms with van der Waals surface area (Å²) in [6.07, 6.45) is 3.73. The van der Waals surface area contributed by atoms with Gasteiger partial charge in [-0.05, 0) is 37.1 Å². The number of halogens is 3. The Labute approximate surface area is 185 Å². The molecule has 5 nitrogen and oxygen atoms in total. The van der Waals surface area contributed by atoms with Crippen LogP contribution in [0.1, 0.15) is 11.3 Å². The Balaban J connectivity index is 0.00000243. The highest BCUT2D eigenvalue weighted by Gasteiger charge is 2.25. The van der Waals surface area contributed by atoms with Gasteiger partial charge < -0.3 is 15.5 Å². The lowest BCUT2D eigenvalue weighted by molar-refractivity contribution is 0.648. The van der Waals surface area contributed by atoms with Gasteiger partial charge in [-0.15, -0.1) is 35.3 Å². The van der Waals surface area contributed by atoms with Crippen molar-refractivity contribution in [1.82, 2.24) is 15.6 Å². The van der Waals surface area contributed by atoms with Gasteiger partial charge >= 0.3 is 0 Å². The normalized spacial score (nSPS) is 17.1. The summed E-state index contributed by atoms with van der Waals surface area (Å²) in [5.41, 5.74) is 0. The maximum atomic E-state index is 6.24. The van der Waals surface area contributed by atoms with Gasteiger partial charge in [-0.2, -0.15) is 0 Å². The Hall–Kier alpha value is -0.770. The topological polar surface area (TPSA) is 52.6 Å². The number of aromatic nitrogens is 1. The number of hydrogen-bond acceptors (Lipinski definition) is 4. The molecule has 2 aromatic rings. The number of pyridine rings is 1. The van der Waals surface area contributed by atoms with Gasteiger partial charge in [0.2, 0.25) is 0 Å². The van der Waals surface area contributed by atoms with Crippen LogP contribution >= 0.6 is 58.5 Å². The molecule has 26 heavy (non-hydrogen) atoms. The Morgan fingerprint density at radius 3 is 2.92 bits per heavy atom. The molecular weight excluding hydrogens is 504 g/mol. The summed E-state index contributed by atoms with van der Waals surface area (Å²) in [4.78, 5) is 12.2. The van der Waals surface area contributed by atoms with E-state index in [1.54, 1.807) is 24.6 Å². The lowest BCUT2D eigenvalue weighted by Gasteiger charge is -2.20. The van der Waals surface area contributed by atoms with E-state index in [2.05, 4.69) is 31.6 Å². The highest BCUT2D eigenvalue weighted by Crippen LogP contribution is 2.25. The van der Waals surface area contributed by atoms with E-state index < -0.39 is 0 Å². The molecule has 0 spiro atoms. The lowest BCUT2D eigenvalue weighted by Crippen LogP contribution is -2.45. The van der Waals surface area contributed by atoms with Gasteiger partial charge in [0.25, 0.3) is 0 Å². The fourth-order valence-corrected chi connectivity index (χ4v) is 4.19. The van der Waals surface area contributed by atoms with Gasteiger partial charge in [-0.25, -0.2) is 4.98 Å². The summed E-state index contributed by atoms with van der Waals surface area (Å²) in [6.45, 7) is 2.61. The molecule has 3 rings (SSSR count). The van der Waals surface area contributed by atoms with E-state index in [0.717, 1.165) is 48.6 Å². The third-order valence-corrected chi connectivity index (χ3v) is 5.67. The molecule has 0 aromatic carbocycles. The van der Waals surface area contributed by atoms with Crippen molar-refractivity contribution in [2.75, 3.05) is 31.6 Å². The average Bonchev–Trinajstić information content (AvgIpc) is 3.23. The second kappa shape index (κ2) is 10.5. The molecule has 2 N–H and O–H groups in total. The minimum Gasteiger partial charge on any atom is -0.356 e. The number of aliphatic imine (C=N–C) groups is 1. The highest BCUT2D eigenvalue weighted by atomic mass is 127. The minimum absolute atomic E-state index is 0. The van der Waals surface area contributed by atoms with Crippen molar-refractivity contribution in [2.45, 2.75) is 18.9 Å². The van der Waals surface area contributed by atoms with Crippen LogP contribution < -0.4 is 15.5 Å². The van der Waals surface area contributed by atoms with E-state index in [4.69, 9.17) is 23.2 Å². The summed E-state index contributed by atoms with van der Waals surface area (Å²) in [5, 5.41) is 7.54. The Kier molecular flexibility index (Phi) is 8.72. The molecule has 0 bridgehead atoms. The number of nitrogens with zero attached hydrogens (tertiary/aromatic N) is 3. The van der Waals surface area contributed by atoms with E-state index in [0.29, 0.717) is 11.1 Å². The van der Waals surface area contributed by atoms with Crippen LogP contribution in [-0.2, 0) is 6.42 Å². The standard InChI is InChI=1S/C17H21Cl2N5S.HI/c1-20-17(22-9-6-13-4-5-15(19)25-13)23-12-7-10-24(11-12)16-14(18)3-2-8-21-16;/h2-5,8,12H,6-7,9-11H2,1H3,(H2,20,22,23);1H. The molecule has 0 radical (unpaired) electrons. The quantitative estimate of drug-likeness (QED) is 0.351. The summed E-state index contributed by atoms with van der Waals surface area (Å²) in [6, 6.07) is 8.05. The molecule has 0 aliphatic carbocycles. The first kappa shape index (κ1) is 21.5. The predicted octanol–water partition coefficient (Wildman–Crippen LogP) is 4.05. The second-order valence-corrected chi connectivity index (χ2v) is 8.05. The molecule has 1 fully saturated rings. The van der Waals surface area contributed by atoms with Crippen LogP contribution in [-0.4, -0.2) is 43.7 Å². The van der Waals surface area contributed by atoms with E-state index in [1.807, 2.05) is 18.2 Å². The van der Waals surface area contributed by atoms with E-state index in [1.165, 1.54) is 4.88 Å². The lowest BCUT2D eigenvalue weighted by atomic mass is 10.3. The fraction of sp³-hybridized carbons (Fsp3) is 0.412. The Bertz CT molecular complexity index is 739. The van der Waals surface area contributed by atoms with Crippen molar-refractivity contribution in [3.8, 4) is 0 Å². The van der Waals surface area contributed by atoms with Crippen molar-refractivity contribution in [3.05, 3.63) is 44.7 Å². The third kappa shape index (κ3) is 5.87. The Morgan fingerprint density at radius 1 is 1.38 bits per heavy atom. The number of nitrogens with one attached hydrogen (secondary N) is 2. The summed E-state index contributed by atoms with van der Waals surface area (Å²) >= 11 is 13.8. The highest BCUT2D eigenvalue weighted by molar-refractivity contribution is 14.0. The molecule has 1 aliphatic rings. The molecular formula is C17H22Cl2IN5S. The van der Waals surface area contributed by atoms with Crippen LogP contribution in [0, 0.1) is 0 Å². The number of anilines is 1. The van der Waals surface area contributed by atoms with E-state index in [-0.39, 0.29) is 24.0 Å². The third-order valence-electron chi connectivity index (χ3n) is 4.08. The minimum atomic E-state index is 0. The van der Waals surface area contributed by atoms with Crippen molar-refractivity contribution in [1.29, 1.82) is 0 Å². The fourth-order valence-electron chi connectivity index (χ4n) is 2.86. The molecule has 0 amide bonds. The molecule has 1 unspecified atom stereocenters. The van der Waals surface area contributed by atoms with Gasteiger partial charge in [0.1, 0.15) is 5.82 Å². The van der Waals surface area contributed by atoms with Gasteiger partial charge in [0.15, 0.2) is 5.96 Å². The number of rotatable bonds is 5. The van der Waals surface area contributed by atoms with Crippen LogP contribution in [0.2, 0.25) is 9.36 Å². The molecule has 9 heteroatoms. The van der Waals surface area contributed by atoms with Gasteiger partial charge in [-0.1, -0.05) is 23.2 Å². The first-order valence-corrected chi connectivity index (χ1v) is 9.80. The van der Waals surface area contributed by atoms with E-state index in [9.17, 15) is 0 Å². The summed E-state index contributed by atoms with van der Waals surface area (Å²) in [5.74, 6) is 1.67. The van der Waals surface area contributed by atoms with Crippen molar-refractivity contribution in [3.63, 3.8) is 0 Å². The van der Waals surface area contributed by atoms with Crippen LogP contribution in [0.4, 0.5) is 5.82 Å². The number of thiophene rings is 1. The first-order chi connectivity index (χ1) is 12.2. The summed E-state index contributed by atoms with van der Waals surface area (Å²) < 4.78 is 0.830. The van der Waals surface area contributed by atoms with Gasteiger partial charge in [-0.3, -0.25) is 4.99 Å². The molecule has 1 aliphatic heterocycles. The van der Waals surface area contributed by atoms with Crippen molar-refractivity contribution >= 4 is 70.3 Å². The summed E-state index contributed by atoms with van der Waals surface area (Å²) in [7, 11) is 1.79. The van der Waals surface area contributed by atoms with Gasteiger partial charge in [0.05, 0.1) is 9.36 Å². The van der Waals surface area contributed by atoms with Crippen LogP contribution in [0.25, 0.3) is 0 Å². The maximum Gasteiger partial charge on any atom is 0.191 e. The molecule has 2 aromatic heterocycles. The zero-order valence-corrected chi connectivity index (χ0v) is 19.1. The van der Waals surface area contributed by atoms with Crippen molar-refractivity contribution in [2.24, 2.45) is 4.99 Å². The van der Waals surface area contributed by atoms with Crippen LogP contribution in [0.5, 0.6) is 0 Å². The van der Waals surface area contributed by atoms with E-state index >= 15 is 0 Å². The van der Waals surface area contributed by atoms with Gasteiger partial charge in [0, 0.05) is 43.8 Å². The monoisotopic (exact) mass is 525 g/mol. The predicted molar refractivity (Wildman–Crippen MR) is 123 cm³/mol. The molecule has 1 atom stereocenters. The zero-order chi connectivity index (χ0) is 17.6. The van der Waals surface area contributed by atoms with Crippen LogP contribution in [0.3, 0.4) is 0 Å². The maximum absolute atomic E-state index is 6.24. The van der Waals surface area contributed by atoms with Crippen LogP contribution in [0.15, 0.2) is 35.5 Å². The zero-order valence-electron chi connectivity index (χ0n) is 14.4. The Morgan fingerprint density at radius 2 is 2.23 bits per heavy atom. The SMILES string of the molecule is CN=C(NCCc1ccc(Cl)s1)NC1CCN(c2ncccc2Cl)C1.I. The first-order valence-electron chi connectivity index (χ1n) is 8.22.